The van der Waals surface area contributed by atoms with Crippen molar-refractivity contribution in [3.05, 3.63) is 12.7 Å². The van der Waals surface area contributed by atoms with Crippen molar-refractivity contribution >= 4 is 0 Å². The molecule has 1 aliphatic carbocycles. The van der Waals surface area contributed by atoms with Gasteiger partial charge in [0.1, 0.15) is 0 Å². The van der Waals surface area contributed by atoms with Crippen LogP contribution in [0.5, 0.6) is 0 Å². The lowest BCUT2D eigenvalue weighted by atomic mass is 9.66. The van der Waals surface area contributed by atoms with Crippen LogP contribution in [-0.4, -0.2) is 30.2 Å². The van der Waals surface area contributed by atoms with E-state index in [1.54, 1.807) is 6.08 Å². The molecule has 1 saturated heterocycles. The summed E-state index contributed by atoms with van der Waals surface area (Å²) in [6.45, 7) is 7.09. The molecule has 0 amide bonds. The first-order chi connectivity index (χ1) is 7.65. The van der Waals surface area contributed by atoms with Crippen LogP contribution in [0.15, 0.2) is 12.7 Å². The standard InChI is InChI=1S/C13H22O3/c1-3-6-11(14)12(2)7-4-5-8-13(12)15-9-10-16-13/h3,11,14H,1,4-10H2,2H3/t11-,12-/m0/s1. The molecule has 0 unspecified atom stereocenters. The van der Waals surface area contributed by atoms with E-state index in [2.05, 4.69) is 13.5 Å². The Morgan fingerprint density at radius 2 is 1.94 bits per heavy atom. The van der Waals surface area contributed by atoms with Gasteiger partial charge in [-0.1, -0.05) is 19.4 Å². The smallest absolute Gasteiger partial charge is 0.176 e. The number of ether oxygens (including phenoxy) is 2. The van der Waals surface area contributed by atoms with Gasteiger partial charge in [-0.05, 0) is 19.3 Å². The van der Waals surface area contributed by atoms with Crippen LogP contribution in [0.2, 0.25) is 0 Å². The molecule has 1 spiro atoms. The monoisotopic (exact) mass is 226 g/mol. The van der Waals surface area contributed by atoms with E-state index < -0.39 is 11.9 Å². The van der Waals surface area contributed by atoms with Gasteiger partial charge in [0.2, 0.25) is 0 Å². The van der Waals surface area contributed by atoms with Crippen LogP contribution >= 0.6 is 0 Å². The highest BCUT2D eigenvalue weighted by molar-refractivity contribution is 5.01. The molecule has 1 aliphatic heterocycles. The van der Waals surface area contributed by atoms with Gasteiger partial charge in [-0.15, -0.1) is 6.58 Å². The summed E-state index contributed by atoms with van der Waals surface area (Å²) in [6, 6.07) is 0. The molecule has 16 heavy (non-hydrogen) atoms. The van der Waals surface area contributed by atoms with Crippen molar-refractivity contribution in [2.75, 3.05) is 13.2 Å². The van der Waals surface area contributed by atoms with Crippen molar-refractivity contribution in [1.82, 2.24) is 0 Å². The van der Waals surface area contributed by atoms with Crippen molar-refractivity contribution in [2.24, 2.45) is 5.41 Å². The Morgan fingerprint density at radius 3 is 2.56 bits per heavy atom. The van der Waals surface area contributed by atoms with Gasteiger partial charge in [-0.2, -0.15) is 0 Å². The van der Waals surface area contributed by atoms with Gasteiger partial charge >= 0.3 is 0 Å². The van der Waals surface area contributed by atoms with E-state index in [0.29, 0.717) is 19.6 Å². The minimum absolute atomic E-state index is 0.296. The quantitative estimate of drug-likeness (QED) is 0.750. The van der Waals surface area contributed by atoms with Crippen molar-refractivity contribution < 1.29 is 14.6 Å². The molecule has 2 atom stereocenters. The average molecular weight is 226 g/mol. The lowest BCUT2D eigenvalue weighted by Gasteiger charge is -2.50. The predicted octanol–water partition coefficient (Wildman–Crippen LogP) is 2.25. The Hall–Kier alpha value is -0.380. The van der Waals surface area contributed by atoms with Gasteiger partial charge in [0.15, 0.2) is 5.79 Å². The van der Waals surface area contributed by atoms with E-state index in [4.69, 9.17) is 9.47 Å². The number of aliphatic hydroxyl groups is 1. The van der Waals surface area contributed by atoms with Crippen molar-refractivity contribution in [2.45, 2.75) is 50.9 Å². The zero-order valence-electron chi connectivity index (χ0n) is 10.1. The number of hydrogen-bond donors (Lipinski definition) is 1. The predicted molar refractivity (Wildman–Crippen MR) is 62.0 cm³/mol. The lowest BCUT2D eigenvalue weighted by molar-refractivity contribution is -0.275. The van der Waals surface area contributed by atoms with Gasteiger partial charge < -0.3 is 14.6 Å². The number of hydrogen-bond acceptors (Lipinski definition) is 3. The van der Waals surface area contributed by atoms with Crippen LogP contribution in [-0.2, 0) is 9.47 Å². The fourth-order valence-electron chi connectivity index (χ4n) is 3.09. The first-order valence-corrected chi connectivity index (χ1v) is 6.21. The van der Waals surface area contributed by atoms with Gasteiger partial charge in [-0.25, -0.2) is 0 Å². The topological polar surface area (TPSA) is 38.7 Å². The maximum Gasteiger partial charge on any atom is 0.176 e. The third-order valence-corrected chi connectivity index (χ3v) is 4.20. The molecule has 2 rings (SSSR count). The summed E-state index contributed by atoms with van der Waals surface area (Å²) in [6.07, 6.45) is 6.07. The molecule has 3 heteroatoms. The Balaban J connectivity index is 2.23. The van der Waals surface area contributed by atoms with E-state index in [0.717, 1.165) is 25.7 Å². The minimum atomic E-state index is -0.548. The van der Waals surface area contributed by atoms with Crippen molar-refractivity contribution in [1.29, 1.82) is 0 Å². The highest BCUT2D eigenvalue weighted by Gasteiger charge is 2.57. The third-order valence-electron chi connectivity index (χ3n) is 4.20. The summed E-state index contributed by atoms with van der Waals surface area (Å²) in [5.74, 6) is -0.548. The summed E-state index contributed by atoms with van der Waals surface area (Å²) in [7, 11) is 0. The molecule has 0 aromatic rings. The Morgan fingerprint density at radius 1 is 1.31 bits per heavy atom. The van der Waals surface area contributed by atoms with Gasteiger partial charge in [0, 0.05) is 11.8 Å². The van der Waals surface area contributed by atoms with Crippen molar-refractivity contribution in [3.8, 4) is 0 Å². The van der Waals surface area contributed by atoms with Crippen LogP contribution in [0.25, 0.3) is 0 Å². The molecule has 0 bridgehead atoms. The first-order valence-electron chi connectivity index (χ1n) is 6.21. The highest BCUT2D eigenvalue weighted by atomic mass is 16.7. The molecule has 0 aromatic carbocycles. The summed E-state index contributed by atoms with van der Waals surface area (Å²) < 4.78 is 11.7. The molecule has 1 saturated carbocycles. The second-order valence-electron chi connectivity index (χ2n) is 5.11. The summed E-state index contributed by atoms with van der Waals surface area (Å²) >= 11 is 0. The molecule has 0 radical (unpaired) electrons. The van der Waals surface area contributed by atoms with Crippen LogP contribution in [0.3, 0.4) is 0 Å². The molecule has 2 aliphatic rings. The number of rotatable bonds is 3. The van der Waals surface area contributed by atoms with E-state index in [1.165, 1.54) is 0 Å². The molecular formula is C13H22O3. The highest BCUT2D eigenvalue weighted by Crippen LogP contribution is 2.51. The Kier molecular flexibility index (Phi) is 3.38. The van der Waals surface area contributed by atoms with Gasteiger partial charge in [0.25, 0.3) is 0 Å². The van der Waals surface area contributed by atoms with E-state index in [9.17, 15) is 5.11 Å². The van der Waals surface area contributed by atoms with Gasteiger partial charge in [-0.3, -0.25) is 0 Å². The molecule has 0 aromatic heterocycles. The van der Waals surface area contributed by atoms with Crippen LogP contribution in [0.1, 0.15) is 39.0 Å². The Bertz CT molecular complexity index is 258. The zero-order valence-corrected chi connectivity index (χ0v) is 10.1. The SMILES string of the molecule is C=CC[C@H](O)[C@]1(C)CCCCC12OCCO2. The summed E-state index contributed by atoms with van der Waals surface area (Å²) in [4.78, 5) is 0. The second-order valence-corrected chi connectivity index (χ2v) is 5.11. The molecule has 1 N–H and O–H groups in total. The normalized spacial score (nSPS) is 35.1. The van der Waals surface area contributed by atoms with Crippen LogP contribution in [0.4, 0.5) is 0 Å². The molecular weight excluding hydrogens is 204 g/mol. The maximum atomic E-state index is 10.3. The number of aliphatic hydroxyl groups excluding tert-OH is 1. The fraction of sp³-hybridized carbons (Fsp3) is 0.846. The first kappa shape index (κ1) is 12.1. The van der Waals surface area contributed by atoms with Crippen LogP contribution < -0.4 is 0 Å². The van der Waals surface area contributed by atoms with Crippen LogP contribution in [0, 0.1) is 5.41 Å². The molecule has 92 valence electrons. The van der Waals surface area contributed by atoms with E-state index >= 15 is 0 Å². The third kappa shape index (κ3) is 1.71. The lowest BCUT2D eigenvalue weighted by Crippen LogP contribution is -2.56. The second kappa shape index (κ2) is 4.47. The fourth-order valence-corrected chi connectivity index (χ4v) is 3.09. The van der Waals surface area contributed by atoms with Gasteiger partial charge in [0.05, 0.1) is 19.3 Å². The summed E-state index contributed by atoms with van der Waals surface area (Å²) in [5.41, 5.74) is -0.296. The minimum Gasteiger partial charge on any atom is -0.392 e. The van der Waals surface area contributed by atoms with Crippen molar-refractivity contribution in [3.63, 3.8) is 0 Å². The van der Waals surface area contributed by atoms with E-state index in [-0.39, 0.29) is 5.41 Å². The zero-order chi connectivity index (χ0) is 11.6. The summed E-state index contributed by atoms with van der Waals surface area (Å²) in [5, 5.41) is 10.3. The molecule has 1 heterocycles. The van der Waals surface area contributed by atoms with E-state index in [1.807, 2.05) is 0 Å². The largest absolute Gasteiger partial charge is 0.392 e. The Labute approximate surface area is 97.4 Å². The molecule has 3 nitrogen and oxygen atoms in total. The average Bonchev–Trinajstić information content (AvgIpc) is 2.73. The molecule has 2 fully saturated rings. The maximum absolute atomic E-state index is 10.3.